The number of rotatable bonds is 11. The van der Waals surface area contributed by atoms with E-state index in [1.165, 1.54) is 11.8 Å². The second-order valence-electron chi connectivity index (χ2n) is 6.34. The number of carbonyl (C=O) groups is 1. The topological polar surface area (TPSA) is 69.2 Å². The van der Waals surface area contributed by atoms with Crippen LogP contribution in [0.4, 0.5) is 0 Å². The molecule has 6 nitrogen and oxygen atoms in total. The van der Waals surface area contributed by atoms with E-state index in [-0.39, 0.29) is 18.6 Å². The van der Waals surface area contributed by atoms with E-state index in [0.717, 1.165) is 18.4 Å². The SMILES string of the molecule is CCOc1ccc(/C=N/OCC(=O)NC(C)CCc2ccccc2)cc1OC. The highest BCUT2D eigenvalue weighted by atomic mass is 16.6. The van der Waals surface area contributed by atoms with Gasteiger partial charge in [0.2, 0.25) is 0 Å². The van der Waals surface area contributed by atoms with Gasteiger partial charge >= 0.3 is 0 Å². The van der Waals surface area contributed by atoms with E-state index in [4.69, 9.17) is 14.3 Å². The molecule has 1 unspecified atom stereocenters. The average Bonchev–Trinajstić information content (AvgIpc) is 2.71. The fourth-order valence-electron chi connectivity index (χ4n) is 2.65. The fourth-order valence-corrected chi connectivity index (χ4v) is 2.65. The van der Waals surface area contributed by atoms with Gasteiger partial charge in [-0.05, 0) is 50.5 Å². The maximum Gasteiger partial charge on any atom is 0.260 e. The predicted molar refractivity (Wildman–Crippen MR) is 110 cm³/mol. The molecule has 2 aromatic rings. The summed E-state index contributed by atoms with van der Waals surface area (Å²) < 4.78 is 10.8. The van der Waals surface area contributed by atoms with Gasteiger partial charge in [0.15, 0.2) is 18.1 Å². The van der Waals surface area contributed by atoms with Crippen LogP contribution in [0.3, 0.4) is 0 Å². The molecular formula is C22H28N2O4. The molecule has 0 aliphatic carbocycles. The molecule has 0 spiro atoms. The third-order valence-corrected chi connectivity index (χ3v) is 4.08. The minimum atomic E-state index is -0.193. The Labute approximate surface area is 166 Å². The molecule has 1 atom stereocenters. The molecule has 1 N–H and O–H groups in total. The lowest BCUT2D eigenvalue weighted by Crippen LogP contribution is -2.35. The van der Waals surface area contributed by atoms with Crippen LogP contribution in [-0.2, 0) is 16.1 Å². The minimum absolute atomic E-state index is 0.0654. The van der Waals surface area contributed by atoms with Crippen LogP contribution in [0.2, 0.25) is 0 Å². The maximum atomic E-state index is 11.9. The molecule has 1 amide bonds. The van der Waals surface area contributed by atoms with Crippen LogP contribution in [0, 0.1) is 0 Å². The monoisotopic (exact) mass is 384 g/mol. The zero-order valence-corrected chi connectivity index (χ0v) is 16.7. The lowest BCUT2D eigenvalue weighted by atomic mass is 10.1. The highest BCUT2D eigenvalue weighted by Gasteiger charge is 2.08. The Morgan fingerprint density at radius 3 is 2.68 bits per heavy atom. The van der Waals surface area contributed by atoms with Gasteiger partial charge in [-0.1, -0.05) is 35.5 Å². The molecule has 0 aliphatic rings. The van der Waals surface area contributed by atoms with Crippen molar-refractivity contribution in [3.63, 3.8) is 0 Å². The number of aryl methyl sites for hydroxylation is 1. The highest BCUT2D eigenvalue weighted by Crippen LogP contribution is 2.27. The highest BCUT2D eigenvalue weighted by molar-refractivity contribution is 5.81. The van der Waals surface area contributed by atoms with Gasteiger partial charge in [-0.15, -0.1) is 0 Å². The molecule has 28 heavy (non-hydrogen) atoms. The Kier molecular flexibility index (Phi) is 8.85. The van der Waals surface area contributed by atoms with Crippen molar-refractivity contribution < 1.29 is 19.1 Å². The number of carbonyl (C=O) groups excluding carboxylic acids is 1. The van der Waals surface area contributed by atoms with Crippen molar-refractivity contribution in [3.8, 4) is 11.5 Å². The molecule has 0 saturated heterocycles. The normalized spacial score (nSPS) is 11.8. The van der Waals surface area contributed by atoms with Crippen molar-refractivity contribution in [2.75, 3.05) is 20.3 Å². The number of benzene rings is 2. The number of oxime groups is 1. The molecule has 150 valence electrons. The second kappa shape index (κ2) is 11.6. The average molecular weight is 384 g/mol. The van der Waals surface area contributed by atoms with Gasteiger partial charge in [-0.3, -0.25) is 4.79 Å². The molecule has 0 fully saturated rings. The van der Waals surface area contributed by atoms with Crippen LogP contribution in [0.5, 0.6) is 11.5 Å². The van der Waals surface area contributed by atoms with Crippen molar-refractivity contribution in [2.24, 2.45) is 5.16 Å². The maximum absolute atomic E-state index is 11.9. The van der Waals surface area contributed by atoms with E-state index >= 15 is 0 Å². The summed E-state index contributed by atoms with van der Waals surface area (Å²) in [4.78, 5) is 17.0. The zero-order chi connectivity index (χ0) is 20.2. The van der Waals surface area contributed by atoms with E-state index in [1.54, 1.807) is 13.2 Å². The molecule has 0 saturated carbocycles. The molecule has 0 radical (unpaired) electrons. The fraction of sp³-hybridized carbons (Fsp3) is 0.364. The van der Waals surface area contributed by atoms with E-state index < -0.39 is 0 Å². The van der Waals surface area contributed by atoms with Gasteiger partial charge in [-0.2, -0.15) is 0 Å². The summed E-state index contributed by atoms with van der Waals surface area (Å²) >= 11 is 0. The van der Waals surface area contributed by atoms with Crippen LogP contribution in [0.15, 0.2) is 53.7 Å². The predicted octanol–water partition coefficient (Wildman–Crippen LogP) is 3.58. The van der Waals surface area contributed by atoms with E-state index in [2.05, 4.69) is 22.6 Å². The first-order valence-corrected chi connectivity index (χ1v) is 9.41. The summed E-state index contributed by atoms with van der Waals surface area (Å²) in [6, 6.07) is 15.7. The Hall–Kier alpha value is -3.02. The van der Waals surface area contributed by atoms with Crippen LogP contribution in [0.25, 0.3) is 0 Å². The summed E-state index contributed by atoms with van der Waals surface area (Å²) in [5.74, 6) is 1.10. The Morgan fingerprint density at radius 1 is 1.18 bits per heavy atom. The summed E-state index contributed by atoms with van der Waals surface area (Å²) in [7, 11) is 1.58. The van der Waals surface area contributed by atoms with E-state index in [0.29, 0.717) is 18.1 Å². The number of nitrogens with one attached hydrogen (secondary N) is 1. The van der Waals surface area contributed by atoms with Gasteiger partial charge in [-0.25, -0.2) is 0 Å². The van der Waals surface area contributed by atoms with Gasteiger partial charge in [0.05, 0.1) is 19.9 Å². The Balaban J connectivity index is 1.72. The third-order valence-electron chi connectivity index (χ3n) is 4.08. The lowest BCUT2D eigenvalue weighted by molar-refractivity contribution is -0.126. The van der Waals surface area contributed by atoms with Crippen LogP contribution in [-0.4, -0.2) is 38.5 Å². The number of hydrogen-bond donors (Lipinski definition) is 1. The first kappa shape index (κ1) is 21.3. The van der Waals surface area contributed by atoms with E-state index in [1.807, 2.05) is 44.2 Å². The van der Waals surface area contributed by atoms with Gasteiger partial charge in [0.25, 0.3) is 5.91 Å². The van der Waals surface area contributed by atoms with Crippen LogP contribution < -0.4 is 14.8 Å². The number of nitrogens with zero attached hydrogens (tertiary/aromatic N) is 1. The summed E-state index contributed by atoms with van der Waals surface area (Å²) in [6.45, 7) is 4.33. The summed E-state index contributed by atoms with van der Waals surface area (Å²) in [6.07, 6.45) is 3.32. The first-order valence-electron chi connectivity index (χ1n) is 9.41. The molecule has 0 bridgehead atoms. The first-order chi connectivity index (χ1) is 13.6. The molecule has 2 rings (SSSR count). The zero-order valence-electron chi connectivity index (χ0n) is 16.7. The van der Waals surface area contributed by atoms with Crippen molar-refractivity contribution >= 4 is 12.1 Å². The van der Waals surface area contributed by atoms with Crippen LogP contribution in [0.1, 0.15) is 31.4 Å². The number of hydrogen-bond acceptors (Lipinski definition) is 5. The van der Waals surface area contributed by atoms with Gasteiger partial charge < -0.3 is 19.6 Å². The number of ether oxygens (including phenoxy) is 2. The van der Waals surface area contributed by atoms with Gasteiger partial charge in [0, 0.05) is 11.6 Å². The third kappa shape index (κ3) is 7.31. The molecule has 6 heteroatoms. The quantitative estimate of drug-likeness (QED) is 0.475. The van der Waals surface area contributed by atoms with Crippen molar-refractivity contribution in [2.45, 2.75) is 32.7 Å². The smallest absolute Gasteiger partial charge is 0.260 e. The number of amides is 1. The largest absolute Gasteiger partial charge is 0.493 e. The van der Waals surface area contributed by atoms with Crippen LogP contribution >= 0.6 is 0 Å². The molecule has 0 aromatic heterocycles. The molecule has 0 heterocycles. The molecular weight excluding hydrogens is 356 g/mol. The number of methoxy groups -OCH3 is 1. The van der Waals surface area contributed by atoms with E-state index in [9.17, 15) is 4.79 Å². The Bertz CT molecular complexity index is 762. The Morgan fingerprint density at radius 2 is 1.96 bits per heavy atom. The second-order valence-corrected chi connectivity index (χ2v) is 6.34. The summed E-state index contributed by atoms with van der Waals surface area (Å²) in [5.41, 5.74) is 2.05. The van der Waals surface area contributed by atoms with Crippen molar-refractivity contribution in [3.05, 3.63) is 59.7 Å². The molecule has 0 aliphatic heterocycles. The summed E-state index contributed by atoms with van der Waals surface area (Å²) in [5, 5.41) is 6.77. The lowest BCUT2D eigenvalue weighted by Gasteiger charge is -2.13. The molecule has 2 aromatic carbocycles. The minimum Gasteiger partial charge on any atom is -0.493 e. The van der Waals surface area contributed by atoms with Crippen molar-refractivity contribution in [1.29, 1.82) is 0 Å². The van der Waals surface area contributed by atoms with Crippen molar-refractivity contribution in [1.82, 2.24) is 5.32 Å². The standard InChI is InChI=1S/C22H28N2O4/c1-4-27-20-13-12-19(14-21(20)26-3)15-23-28-16-22(25)24-17(2)10-11-18-8-6-5-7-9-18/h5-9,12-15,17H,4,10-11,16H2,1-3H3,(H,24,25)/b23-15+. The van der Waals surface area contributed by atoms with Gasteiger partial charge in [0.1, 0.15) is 0 Å².